The van der Waals surface area contributed by atoms with Gasteiger partial charge in [0.1, 0.15) is 24.6 Å². The Bertz CT molecular complexity index is 763. The average molecular weight is 352 g/mol. The summed E-state index contributed by atoms with van der Waals surface area (Å²) in [5, 5.41) is 29.9. The van der Waals surface area contributed by atoms with E-state index in [1.165, 1.54) is 6.33 Å². The van der Waals surface area contributed by atoms with E-state index in [2.05, 4.69) is 15.0 Å². The fourth-order valence-electron chi connectivity index (χ4n) is 3.23. The fourth-order valence-corrected chi connectivity index (χ4v) is 3.23. The predicted molar refractivity (Wildman–Crippen MR) is 85.8 cm³/mol. The number of fused-ring (bicyclic) bond motifs is 1. The molecular formula is C14H20N6O5. The van der Waals surface area contributed by atoms with Crippen LogP contribution in [-0.2, 0) is 9.47 Å². The molecule has 0 saturated carbocycles. The van der Waals surface area contributed by atoms with Crippen molar-refractivity contribution in [2.75, 3.05) is 43.5 Å². The van der Waals surface area contributed by atoms with Gasteiger partial charge in [0, 0.05) is 13.1 Å². The van der Waals surface area contributed by atoms with E-state index in [9.17, 15) is 15.3 Å². The van der Waals surface area contributed by atoms with E-state index >= 15 is 0 Å². The molecule has 4 atom stereocenters. The highest BCUT2D eigenvalue weighted by molar-refractivity contribution is 5.84. The summed E-state index contributed by atoms with van der Waals surface area (Å²) in [6.45, 7) is 1.88. The Morgan fingerprint density at radius 2 is 1.96 bits per heavy atom. The van der Waals surface area contributed by atoms with E-state index in [1.807, 2.05) is 4.90 Å². The zero-order chi connectivity index (χ0) is 17.6. The maximum absolute atomic E-state index is 10.4. The molecule has 4 rings (SSSR count). The van der Waals surface area contributed by atoms with Gasteiger partial charge in [-0.25, -0.2) is 15.0 Å². The van der Waals surface area contributed by atoms with Crippen LogP contribution < -0.4 is 10.6 Å². The molecule has 0 unspecified atom stereocenters. The number of nitrogen functional groups attached to an aromatic ring is 1. The van der Waals surface area contributed by atoms with Crippen LogP contribution in [0.4, 0.5) is 11.8 Å². The van der Waals surface area contributed by atoms with Gasteiger partial charge in [0.15, 0.2) is 23.2 Å². The molecule has 0 radical (unpaired) electrons. The van der Waals surface area contributed by atoms with E-state index < -0.39 is 31.1 Å². The summed E-state index contributed by atoms with van der Waals surface area (Å²) in [7, 11) is 0. The molecule has 2 fully saturated rings. The fraction of sp³-hybridized carbons (Fsp3) is 0.643. The number of nitrogens with two attached hydrogens (primary N) is 1. The number of imidazole rings is 1. The van der Waals surface area contributed by atoms with Crippen LogP contribution in [0.25, 0.3) is 11.2 Å². The van der Waals surface area contributed by atoms with Gasteiger partial charge in [-0.3, -0.25) is 4.57 Å². The third kappa shape index (κ3) is 2.60. The van der Waals surface area contributed by atoms with E-state index in [4.69, 9.17) is 15.2 Å². The zero-order valence-corrected chi connectivity index (χ0v) is 13.4. The number of nitrogens with zero attached hydrogens (tertiary/aromatic N) is 5. The average Bonchev–Trinajstić information content (AvgIpc) is 3.15. The lowest BCUT2D eigenvalue weighted by atomic mass is 10.1. The third-order valence-electron chi connectivity index (χ3n) is 4.55. The lowest BCUT2D eigenvalue weighted by molar-refractivity contribution is -0.0506. The second-order valence-electron chi connectivity index (χ2n) is 6.04. The highest BCUT2D eigenvalue weighted by atomic mass is 16.6. The number of aliphatic hydroxyl groups is 3. The first-order chi connectivity index (χ1) is 12.1. The van der Waals surface area contributed by atoms with Gasteiger partial charge in [-0.2, -0.15) is 0 Å². The Kier molecular flexibility index (Phi) is 4.17. The van der Waals surface area contributed by atoms with Gasteiger partial charge in [0.25, 0.3) is 0 Å². The smallest absolute Gasteiger partial charge is 0.210 e. The Morgan fingerprint density at radius 1 is 1.20 bits per heavy atom. The Labute approximate surface area is 142 Å². The topological polar surface area (TPSA) is 152 Å². The molecule has 2 aliphatic heterocycles. The lowest BCUT2D eigenvalue weighted by Crippen LogP contribution is -2.39. The SMILES string of the molecule is Nc1ncnc2c1nc(N1CCOCC1)n2[C@@H]1O[C@H](CO)[C@H](O)[C@@H]1O. The quantitative estimate of drug-likeness (QED) is 0.481. The molecule has 2 aliphatic rings. The number of hydrogen-bond acceptors (Lipinski definition) is 10. The summed E-state index contributed by atoms with van der Waals surface area (Å²) >= 11 is 0. The number of aliphatic hydroxyl groups excluding tert-OH is 3. The molecule has 2 saturated heterocycles. The Balaban J connectivity index is 1.84. The van der Waals surface area contributed by atoms with Crippen LogP contribution >= 0.6 is 0 Å². The van der Waals surface area contributed by atoms with Crippen molar-refractivity contribution >= 4 is 22.9 Å². The Hall–Kier alpha value is -2.05. The van der Waals surface area contributed by atoms with Gasteiger partial charge in [0.2, 0.25) is 5.95 Å². The molecule has 25 heavy (non-hydrogen) atoms. The number of morpholine rings is 1. The third-order valence-corrected chi connectivity index (χ3v) is 4.55. The van der Waals surface area contributed by atoms with Crippen molar-refractivity contribution in [1.29, 1.82) is 0 Å². The maximum Gasteiger partial charge on any atom is 0.210 e. The second kappa shape index (κ2) is 6.35. The van der Waals surface area contributed by atoms with Crippen LogP contribution in [0.5, 0.6) is 0 Å². The molecular weight excluding hydrogens is 332 g/mol. The van der Waals surface area contributed by atoms with E-state index in [0.717, 1.165) is 0 Å². The number of anilines is 2. The second-order valence-corrected chi connectivity index (χ2v) is 6.04. The van der Waals surface area contributed by atoms with E-state index in [1.54, 1.807) is 4.57 Å². The molecule has 11 nitrogen and oxygen atoms in total. The molecule has 0 aromatic carbocycles. The summed E-state index contributed by atoms with van der Waals surface area (Å²) < 4.78 is 12.6. The zero-order valence-electron chi connectivity index (χ0n) is 13.4. The van der Waals surface area contributed by atoms with Crippen molar-refractivity contribution in [3.8, 4) is 0 Å². The molecule has 4 heterocycles. The molecule has 2 aromatic heterocycles. The molecule has 5 N–H and O–H groups in total. The van der Waals surface area contributed by atoms with Crippen LogP contribution in [0, 0.1) is 0 Å². The Morgan fingerprint density at radius 3 is 2.64 bits per heavy atom. The summed E-state index contributed by atoms with van der Waals surface area (Å²) in [6.07, 6.45) is -3.01. The minimum Gasteiger partial charge on any atom is -0.394 e. The first-order valence-corrected chi connectivity index (χ1v) is 8.05. The number of ether oxygens (including phenoxy) is 2. The molecule has 0 aliphatic carbocycles. The van der Waals surface area contributed by atoms with Crippen LogP contribution in [0.1, 0.15) is 6.23 Å². The van der Waals surface area contributed by atoms with E-state index in [0.29, 0.717) is 43.4 Å². The highest BCUT2D eigenvalue weighted by Crippen LogP contribution is 2.36. The van der Waals surface area contributed by atoms with E-state index in [-0.39, 0.29) is 5.82 Å². The van der Waals surface area contributed by atoms with Gasteiger partial charge in [-0.05, 0) is 0 Å². The summed E-state index contributed by atoms with van der Waals surface area (Å²) in [5.74, 6) is 0.713. The van der Waals surface area contributed by atoms with Crippen LogP contribution in [0.15, 0.2) is 6.33 Å². The molecule has 2 aromatic rings. The van der Waals surface area contributed by atoms with Crippen molar-refractivity contribution in [3.05, 3.63) is 6.33 Å². The minimum atomic E-state index is -1.24. The van der Waals surface area contributed by atoms with Gasteiger partial charge < -0.3 is 35.4 Å². The summed E-state index contributed by atoms with van der Waals surface area (Å²) in [6, 6.07) is 0. The predicted octanol–water partition coefficient (Wildman–Crippen LogP) is -2.14. The molecule has 136 valence electrons. The monoisotopic (exact) mass is 352 g/mol. The maximum atomic E-state index is 10.4. The summed E-state index contributed by atoms with van der Waals surface area (Å²) in [4.78, 5) is 14.7. The normalized spacial score (nSPS) is 30.3. The van der Waals surface area contributed by atoms with Crippen molar-refractivity contribution in [2.24, 2.45) is 0 Å². The van der Waals surface area contributed by atoms with Crippen molar-refractivity contribution < 1.29 is 24.8 Å². The van der Waals surface area contributed by atoms with Gasteiger partial charge in [0.05, 0.1) is 19.8 Å². The lowest BCUT2D eigenvalue weighted by Gasteiger charge is -2.30. The standard InChI is InChI=1S/C14H20N6O5/c15-11-8-12(17-6-16-11)20(13-10(23)9(22)7(5-21)25-13)14(18-8)19-1-3-24-4-2-19/h6-7,9-10,13,21-23H,1-5H2,(H2,15,16,17)/t7-,9+,10+,13-/m1/s1. The van der Waals surface area contributed by atoms with Crippen LogP contribution in [-0.4, -0.2) is 86.1 Å². The highest BCUT2D eigenvalue weighted by Gasteiger charge is 2.45. The van der Waals surface area contributed by atoms with Gasteiger partial charge in [-0.15, -0.1) is 0 Å². The minimum absolute atomic E-state index is 0.213. The first kappa shape index (κ1) is 16.4. The van der Waals surface area contributed by atoms with Crippen LogP contribution in [0.3, 0.4) is 0 Å². The van der Waals surface area contributed by atoms with Crippen molar-refractivity contribution in [2.45, 2.75) is 24.5 Å². The van der Waals surface area contributed by atoms with Crippen LogP contribution in [0.2, 0.25) is 0 Å². The number of rotatable bonds is 3. The summed E-state index contributed by atoms with van der Waals surface area (Å²) in [5.41, 5.74) is 6.70. The molecule has 0 spiro atoms. The molecule has 0 bridgehead atoms. The van der Waals surface area contributed by atoms with Gasteiger partial charge >= 0.3 is 0 Å². The molecule has 0 amide bonds. The number of aromatic nitrogens is 4. The first-order valence-electron chi connectivity index (χ1n) is 8.05. The van der Waals surface area contributed by atoms with Crippen molar-refractivity contribution in [3.63, 3.8) is 0 Å². The molecule has 11 heteroatoms. The largest absolute Gasteiger partial charge is 0.394 e. The number of hydrogen-bond donors (Lipinski definition) is 4. The van der Waals surface area contributed by atoms with Crippen molar-refractivity contribution in [1.82, 2.24) is 19.5 Å². The van der Waals surface area contributed by atoms with Gasteiger partial charge in [-0.1, -0.05) is 0 Å².